The molecule has 2 heterocycles. The van der Waals surface area contributed by atoms with E-state index < -0.39 is 12.0 Å². The van der Waals surface area contributed by atoms with Crippen LogP contribution in [0.15, 0.2) is 36.5 Å². The first kappa shape index (κ1) is 15.8. The van der Waals surface area contributed by atoms with E-state index in [9.17, 15) is 14.7 Å². The normalized spacial score (nSPS) is 25.6. The minimum absolute atomic E-state index is 0.00391. The fourth-order valence-corrected chi connectivity index (χ4v) is 4.17. The van der Waals surface area contributed by atoms with Gasteiger partial charge in [0.05, 0.1) is 11.9 Å². The molecule has 1 saturated carbocycles. The maximum absolute atomic E-state index is 13.0. The van der Waals surface area contributed by atoms with Crippen molar-refractivity contribution >= 4 is 11.9 Å². The van der Waals surface area contributed by atoms with Crippen LogP contribution in [0.25, 0.3) is 5.69 Å². The van der Waals surface area contributed by atoms with Gasteiger partial charge >= 0.3 is 5.97 Å². The number of amides is 1. The number of hydrogen-bond acceptors (Lipinski definition) is 4. The number of carbonyl (C=O) groups excluding carboxylic acids is 1. The molecule has 1 aromatic carbocycles. The summed E-state index contributed by atoms with van der Waals surface area (Å²) < 4.78 is 1.54. The lowest BCUT2D eigenvalue weighted by molar-refractivity contribution is -0.141. The highest BCUT2D eigenvalue weighted by molar-refractivity contribution is 5.95. The van der Waals surface area contributed by atoms with E-state index in [1.807, 2.05) is 30.3 Å². The van der Waals surface area contributed by atoms with Crippen LogP contribution in [0, 0.1) is 5.92 Å². The molecule has 1 aromatic heterocycles. The Balaban J connectivity index is 1.63. The molecule has 1 saturated heterocycles. The van der Waals surface area contributed by atoms with Gasteiger partial charge in [0.15, 0.2) is 5.69 Å². The van der Waals surface area contributed by atoms with Gasteiger partial charge in [-0.3, -0.25) is 4.79 Å². The number of aliphatic carboxylic acids is 1. The molecule has 7 nitrogen and oxygen atoms in total. The number of hydrogen-bond donors (Lipinski definition) is 1. The smallest absolute Gasteiger partial charge is 0.326 e. The molecule has 3 atom stereocenters. The Kier molecular flexibility index (Phi) is 3.99. The highest BCUT2D eigenvalue weighted by Gasteiger charge is 2.48. The van der Waals surface area contributed by atoms with Gasteiger partial charge in [-0.2, -0.15) is 0 Å². The molecule has 25 heavy (non-hydrogen) atoms. The summed E-state index contributed by atoms with van der Waals surface area (Å²) in [6, 6.07) is 8.65. The first-order chi connectivity index (χ1) is 12.1. The molecular weight excluding hydrogens is 320 g/mol. The van der Waals surface area contributed by atoms with Gasteiger partial charge in [0.25, 0.3) is 5.91 Å². The van der Waals surface area contributed by atoms with E-state index in [-0.39, 0.29) is 23.6 Å². The van der Waals surface area contributed by atoms with Gasteiger partial charge in [0.2, 0.25) is 0 Å². The molecule has 1 amide bonds. The number of rotatable bonds is 3. The molecule has 130 valence electrons. The van der Waals surface area contributed by atoms with Crippen LogP contribution in [-0.4, -0.2) is 49.0 Å². The SMILES string of the molecule is O=C(O)[C@@H]1C[C@@H]2CCCC[C@H]2N1C(=O)c1cn(-c2ccccc2)nn1. The van der Waals surface area contributed by atoms with Gasteiger partial charge in [0, 0.05) is 6.04 Å². The standard InChI is InChI=1S/C18H20N4O3/c23-17(14-11-21(20-19-14)13-7-2-1-3-8-13)22-15-9-5-4-6-12(15)10-16(22)18(24)25/h1-3,7-8,11-12,15-16H,4-6,9-10H2,(H,24,25)/t12-,15+,16-/m0/s1. The molecule has 0 spiro atoms. The zero-order valence-corrected chi connectivity index (χ0v) is 13.8. The van der Waals surface area contributed by atoms with Gasteiger partial charge in [-0.05, 0) is 37.3 Å². The molecule has 2 fully saturated rings. The molecule has 0 unspecified atom stereocenters. The van der Waals surface area contributed by atoms with E-state index in [1.165, 1.54) is 4.68 Å². The maximum Gasteiger partial charge on any atom is 0.326 e. The van der Waals surface area contributed by atoms with Crippen LogP contribution >= 0.6 is 0 Å². The summed E-state index contributed by atoms with van der Waals surface area (Å²) in [5, 5.41) is 17.6. The summed E-state index contributed by atoms with van der Waals surface area (Å²) in [4.78, 5) is 26.2. The van der Waals surface area contributed by atoms with E-state index >= 15 is 0 Å². The predicted molar refractivity (Wildman–Crippen MR) is 89.3 cm³/mol. The van der Waals surface area contributed by atoms with E-state index in [0.717, 1.165) is 31.4 Å². The van der Waals surface area contributed by atoms with Crippen LogP contribution < -0.4 is 0 Å². The number of carboxylic acids is 1. The molecule has 1 aliphatic heterocycles. The van der Waals surface area contributed by atoms with Gasteiger partial charge in [-0.1, -0.05) is 36.3 Å². The van der Waals surface area contributed by atoms with Crippen LogP contribution in [-0.2, 0) is 4.79 Å². The lowest BCUT2D eigenvalue weighted by atomic mass is 9.84. The van der Waals surface area contributed by atoms with E-state index in [4.69, 9.17) is 0 Å². The highest BCUT2D eigenvalue weighted by Crippen LogP contribution is 2.40. The predicted octanol–water partition coefficient (Wildman–Crippen LogP) is 2.13. The number of benzene rings is 1. The van der Waals surface area contributed by atoms with Crippen LogP contribution in [0.3, 0.4) is 0 Å². The zero-order valence-electron chi connectivity index (χ0n) is 13.8. The number of aromatic nitrogens is 3. The second-order valence-corrected chi connectivity index (χ2v) is 6.80. The number of para-hydroxylation sites is 1. The minimum Gasteiger partial charge on any atom is -0.480 e. The minimum atomic E-state index is -0.932. The van der Waals surface area contributed by atoms with Crippen LogP contribution in [0.5, 0.6) is 0 Å². The lowest BCUT2D eigenvalue weighted by Gasteiger charge is -2.32. The summed E-state index contributed by atoms with van der Waals surface area (Å²) in [5.74, 6) is -0.981. The van der Waals surface area contributed by atoms with Gasteiger partial charge in [-0.15, -0.1) is 5.10 Å². The molecule has 2 aliphatic rings. The van der Waals surface area contributed by atoms with Crippen LogP contribution in [0.1, 0.15) is 42.6 Å². The number of carboxylic acid groups (broad SMARTS) is 1. The fourth-order valence-electron chi connectivity index (χ4n) is 4.17. The summed E-state index contributed by atoms with van der Waals surface area (Å²) in [6.45, 7) is 0. The summed E-state index contributed by atoms with van der Waals surface area (Å²) in [6.07, 6.45) is 6.13. The molecule has 0 radical (unpaired) electrons. The molecule has 2 aromatic rings. The van der Waals surface area contributed by atoms with Crippen molar-refractivity contribution in [2.75, 3.05) is 0 Å². The third kappa shape index (κ3) is 2.79. The number of nitrogens with zero attached hydrogens (tertiary/aromatic N) is 4. The van der Waals surface area contributed by atoms with Crippen molar-refractivity contribution in [1.82, 2.24) is 19.9 Å². The van der Waals surface area contributed by atoms with Crippen molar-refractivity contribution < 1.29 is 14.7 Å². The second kappa shape index (κ2) is 6.31. The summed E-state index contributed by atoms with van der Waals surface area (Å²) >= 11 is 0. The monoisotopic (exact) mass is 340 g/mol. The number of likely N-dealkylation sites (tertiary alicyclic amines) is 1. The average molecular weight is 340 g/mol. The molecule has 7 heteroatoms. The third-order valence-corrected chi connectivity index (χ3v) is 5.34. The third-order valence-electron chi connectivity index (χ3n) is 5.34. The van der Waals surface area contributed by atoms with Crippen molar-refractivity contribution in [2.24, 2.45) is 5.92 Å². The largest absolute Gasteiger partial charge is 0.480 e. The van der Waals surface area contributed by atoms with Gasteiger partial charge in [-0.25, -0.2) is 9.48 Å². The Labute approximate surface area is 145 Å². The average Bonchev–Trinajstić information content (AvgIpc) is 3.27. The Morgan fingerprint density at radius 1 is 1.12 bits per heavy atom. The first-order valence-corrected chi connectivity index (χ1v) is 8.68. The van der Waals surface area contributed by atoms with Crippen molar-refractivity contribution in [3.63, 3.8) is 0 Å². The quantitative estimate of drug-likeness (QED) is 0.924. The van der Waals surface area contributed by atoms with E-state index in [0.29, 0.717) is 6.42 Å². The van der Waals surface area contributed by atoms with Crippen molar-refractivity contribution in [2.45, 2.75) is 44.2 Å². The van der Waals surface area contributed by atoms with Crippen LogP contribution in [0.2, 0.25) is 0 Å². The van der Waals surface area contributed by atoms with Crippen molar-refractivity contribution in [3.05, 3.63) is 42.2 Å². The van der Waals surface area contributed by atoms with Crippen molar-refractivity contribution in [1.29, 1.82) is 0 Å². The van der Waals surface area contributed by atoms with E-state index in [1.54, 1.807) is 11.1 Å². The number of fused-ring (bicyclic) bond motifs is 1. The van der Waals surface area contributed by atoms with Gasteiger partial charge in [0.1, 0.15) is 6.04 Å². The fraction of sp³-hybridized carbons (Fsp3) is 0.444. The summed E-state index contributed by atoms with van der Waals surface area (Å²) in [5.41, 5.74) is 1.00. The molecular formula is C18H20N4O3. The Morgan fingerprint density at radius 2 is 1.88 bits per heavy atom. The van der Waals surface area contributed by atoms with Crippen molar-refractivity contribution in [3.8, 4) is 5.69 Å². The lowest BCUT2D eigenvalue weighted by Crippen LogP contribution is -2.46. The maximum atomic E-state index is 13.0. The number of carbonyl (C=O) groups is 2. The Hall–Kier alpha value is -2.70. The highest BCUT2D eigenvalue weighted by atomic mass is 16.4. The van der Waals surface area contributed by atoms with Gasteiger partial charge < -0.3 is 10.0 Å². The van der Waals surface area contributed by atoms with Crippen LogP contribution in [0.4, 0.5) is 0 Å². The Bertz CT molecular complexity index is 789. The molecule has 0 bridgehead atoms. The molecule has 1 N–H and O–H groups in total. The first-order valence-electron chi connectivity index (χ1n) is 8.68. The molecule has 1 aliphatic carbocycles. The second-order valence-electron chi connectivity index (χ2n) is 6.80. The molecule has 4 rings (SSSR count). The Morgan fingerprint density at radius 3 is 2.64 bits per heavy atom. The van der Waals surface area contributed by atoms with E-state index in [2.05, 4.69) is 10.3 Å². The zero-order chi connectivity index (χ0) is 17.4. The summed E-state index contributed by atoms with van der Waals surface area (Å²) in [7, 11) is 0. The topological polar surface area (TPSA) is 88.3 Å².